The molecule has 2 amide bonds. The Labute approximate surface area is 148 Å². The third kappa shape index (κ3) is 14.5. The van der Waals surface area contributed by atoms with Crippen molar-refractivity contribution >= 4 is 11.8 Å². The van der Waals surface area contributed by atoms with Gasteiger partial charge in [-0.1, -0.05) is 58.8 Å². The Kier molecular flexibility index (Phi) is 16.0. The van der Waals surface area contributed by atoms with Gasteiger partial charge in [0.2, 0.25) is 11.8 Å². The van der Waals surface area contributed by atoms with Gasteiger partial charge in [-0.3, -0.25) is 20.4 Å². The minimum atomic E-state index is -0.0989. The molecule has 0 aromatic heterocycles. The molecule has 24 heavy (non-hydrogen) atoms. The number of rotatable bonds is 15. The van der Waals surface area contributed by atoms with Gasteiger partial charge < -0.3 is 5.32 Å². The molecule has 1 unspecified atom stereocenters. The molecule has 0 aromatic carbocycles. The summed E-state index contributed by atoms with van der Waals surface area (Å²) >= 11 is 0. The van der Waals surface area contributed by atoms with Gasteiger partial charge in [0, 0.05) is 12.8 Å². The fraction of sp³-hybridized carbons (Fsp3) is 0.895. The third-order valence-electron chi connectivity index (χ3n) is 4.46. The highest BCUT2D eigenvalue weighted by molar-refractivity contribution is 5.81. The summed E-state index contributed by atoms with van der Waals surface area (Å²) in [6.07, 6.45) is 12.2. The summed E-state index contributed by atoms with van der Waals surface area (Å²) in [5, 5.41) is 3.08. The maximum absolute atomic E-state index is 11.7. The van der Waals surface area contributed by atoms with Crippen molar-refractivity contribution in [3.63, 3.8) is 0 Å². The number of hydrogen-bond acceptors (Lipinski definition) is 3. The molecule has 0 bridgehead atoms. The fourth-order valence-corrected chi connectivity index (χ4v) is 2.88. The van der Waals surface area contributed by atoms with E-state index in [1.165, 1.54) is 32.1 Å². The van der Waals surface area contributed by atoms with Crippen molar-refractivity contribution in [2.75, 3.05) is 13.6 Å². The Morgan fingerprint density at radius 1 is 0.792 bits per heavy atom. The number of nitrogens with one attached hydrogen (secondary N) is 3. The van der Waals surface area contributed by atoms with Crippen LogP contribution < -0.4 is 16.2 Å². The summed E-state index contributed by atoms with van der Waals surface area (Å²) in [5.74, 6) is 0.661. The molecule has 0 fully saturated rings. The average molecular weight is 342 g/mol. The lowest BCUT2D eigenvalue weighted by Crippen LogP contribution is -2.41. The van der Waals surface area contributed by atoms with E-state index in [1.807, 2.05) is 7.05 Å². The van der Waals surface area contributed by atoms with Gasteiger partial charge in [0.15, 0.2) is 0 Å². The lowest BCUT2D eigenvalue weighted by molar-refractivity contribution is -0.129. The van der Waals surface area contributed by atoms with Gasteiger partial charge in [-0.15, -0.1) is 0 Å². The molecule has 5 heteroatoms. The van der Waals surface area contributed by atoms with Crippen molar-refractivity contribution in [3.8, 4) is 0 Å². The summed E-state index contributed by atoms with van der Waals surface area (Å²) in [6, 6.07) is 0. The van der Waals surface area contributed by atoms with Crippen molar-refractivity contribution in [2.45, 2.75) is 90.9 Å². The molecule has 0 saturated heterocycles. The standard InChI is InChI=1S/C19H39N3O2/c1-4-12-17(5-2)13-8-6-9-14-18(23)21-22-19(24)15-10-7-11-16-20-3/h17,20H,4-16H2,1-3H3,(H,21,23)(H,22,24). The molecule has 0 spiro atoms. The topological polar surface area (TPSA) is 70.2 Å². The molecule has 142 valence electrons. The molecule has 0 radical (unpaired) electrons. The van der Waals surface area contributed by atoms with Gasteiger partial charge in [-0.2, -0.15) is 0 Å². The predicted octanol–water partition coefficient (Wildman–Crippen LogP) is 3.69. The van der Waals surface area contributed by atoms with Gasteiger partial charge in [0.25, 0.3) is 0 Å². The van der Waals surface area contributed by atoms with Crippen molar-refractivity contribution in [1.82, 2.24) is 16.2 Å². The SMILES string of the molecule is CCCC(CC)CCCCCC(=O)NNC(=O)CCCCCNC. The predicted molar refractivity (Wildman–Crippen MR) is 100 cm³/mol. The van der Waals surface area contributed by atoms with E-state index < -0.39 is 0 Å². The van der Waals surface area contributed by atoms with Crippen molar-refractivity contribution in [3.05, 3.63) is 0 Å². The van der Waals surface area contributed by atoms with Crippen LogP contribution in [-0.2, 0) is 9.59 Å². The number of amides is 2. The molecular formula is C19H39N3O2. The molecule has 3 N–H and O–H groups in total. The van der Waals surface area contributed by atoms with Crippen LogP contribution in [0.4, 0.5) is 0 Å². The summed E-state index contributed by atoms with van der Waals surface area (Å²) in [4.78, 5) is 23.3. The van der Waals surface area contributed by atoms with E-state index in [4.69, 9.17) is 0 Å². The van der Waals surface area contributed by atoms with E-state index in [0.29, 0.717) is 12.8 Å². The van der Waals surface area contributed by atoms with Gasteiger partial charge in [-0.05, 0) is 38.8 Å². The Balaban J connectivity index is 3.50. The molecule has 0 saturated carbocycles. The smallest absolute Gasteiger partial charge is 0.238 e. The first kappa shape index (κ1) is 22.9. The lowest BCUT2D eigenvalue weighted by atomic mass is 9.94. The molecular weight excluding hydrogens is 302 g/mol. The second-order valence-corrected chi connectivity index (χ2v) is 6.67. The first-order chi connectivity index (χ1) is 11.6. The van der Waals surface area contributed by atoms with Crippen molar-refractivity contribution in [2.24, 2.45) is 5.92 Å². The minimum Gasteiger partial charge on any atom is -0.320 e. The second-order valence-electron chi connectivity index (χ2n) is 6.67. The van der Waals surface area contributed by atoms with Gasteiger partial charge >= 0.3 is 0 Å². The van der Waals surface area contributed by atoms with Crippen LogP contribution in [-0.4, -0.2) is 25.4 Å². The zero-order valence-corrected chi connectivity index (χ0v) is 16.1. The first-order valence-corrected chi connectivity index (χ1v) is 9.86. The molecule has 0 aliphatic carbocycles. The molecule has 0 rings (SSSR count). The number of carbonyl (C=O) groups is 2. The molecule has 0 aliphatic heterocycles. The van der Waals surface area contributed by atoms with Gasteiger partial charge in [0.1, 0.15) is 0 Å². The van der Waals surface area contributed by atoms with E-state index >= 15 is 0 Å². The average Bonchev–Trinajstić information content (AvgIpc) is 2.58. The van der Waals surface area contributed by atoms with E-state index in [-0.39, 0.29) is 11.8 Å². The summed E-state index contributed by atoms with van der Waals surface area (Å²) in [6.45, 7) is 5.48. The van der Waals surface area contributed by atoms with Crippen LogP contribution in [0.5, 0.6) is 0 Å². The zero-order chi connectivity index (χ0) is 18.0. The maximum atomic E-state index is 11.7. The zero-order valence-electron chi connectivity index (χ0n) is 16.1. The van der Waals surface area contributed by atoms with Crippen molar-refractivity contribution in [1.29, 1.82) is 0 Å². The minimum absolute atomic E-state index is 0.0841. The van der Waals surface area contributed by atoms with Crippen LogP contribution in [0.25, 0.3) is 0 Å². The second kappa shape index (κ2) is 16.7. The normalized spacial score (nSPS) is 12.0. The summed E-state index contributed by atoms with van der Waals surface area (Å²) in [7, 11) is 1.93. The summed E-state index contributed by atoms with van der Waals surface area (Å²) < 4.78 is 0. The van der Waals surface area contributed by atoms with Crippen LogP contribution in [0.2, 0.25) is 0 Å². The number of hydrazine groups is 1. The van der Waals surface area contributed by atoms with Gasteiger partial charge in [0.05, 0.1) is 0 Å². The Morgan fingerprint density at radius 2 is 1.38 bits per heavy atom. The molecule has 0 aromatic rings. The number of carbonyl (C=O) groups excluding carboxylic acids is 2. The Hall–Kier alpha value is -1.10. The van der Waals surface area contributed by atoms with E-state index in [1.54, 1.807) is 0 Å². The maximum Gasteiger partial charge on any atom is 0.238 e. The van der Waals surface area contributed by atoms with Crippen LogP contribution in [0.3, 0.4) is 0 Å². The highest BCUT2D eigenvalue weighted by atomic mass is 16.2. The third-order valence-corrected chi connectivity index (χ3v) is 4.46. The van der Waals surface area contributed by atoms with Crippen molar-refractivity contribution < 1.29 is 9.59 Å². The largest absolute Gasteiger partial charge is 0.320 e. The van der Waals surface area contributed by atoms with E-state index in [9.17, 15) is 9.59 Å². The highest BCUT2D eigenvalue weighted by Crippen LogP contribution is 2.18. The molecule has 1 atom stereocenters. The van der Waals surface area contributed by atoms with E-state index in [2.05, 4.69) is 30.0 Å². The van der Waals surface area contributed by atoms with Crippen LogP contribution in [0.15, 0.2) is 0 Å². The van der Waals surface area contributed by atoms with Crippen LogP contribution >= 0.6 is 0 Å². The van der Waals surface area contributed by atoms with E-state index in [0.717, 1.165) is 44.6 Å². The quantitative estimate of drug-likeness (QED) is 0.314. The summed E-state index contributed by atoms with van der Waals surface area (Å²) in [5.41, 5.74) is 5.02. The fourth-order valence-electron chi connectivity index (χ4n) is 2.88. The molecule has 0 aliphatic rings. The molecule has 5 nitrogen and oxygen atoms in total. The lowest BCUT2D eigenvalue weighted by Gasteiger charge is -2.13. The van der Waals surface area contributed by atoms with Crippen LogP contribution in [0, 0.1) is 5.92 Å². The monoisotopic (exact) mass is 341 g/mol. The van der Waals surface area contributed by atoms with Gasteiger partial charge in [-0.25, -0.2) is 0 Å². The number of unbranched alkanes of at least 4 members (excludes halogenated alkanes) is 4. The Bertz CT molecular complexity index is 322. The first-order valence-electron chi connectivity index (χ1n) is 9.86. The number of hydrogen-bond donors (Lipinski definition) is 3. The Morgan fingerprint density at radius 3 is 1.88 bits per heavy atom. The highest BCUT2D eigenvalue weighted by Gasteiger charge is 2.06. The van der Waals surface area contributed by atoms with Crippen LogP contribution in [0.1, 0.15) is 90.9 Å². The molecule has 0 heterocycles.